The summed E-state index contributed by atoms with van der Waals surface area (Å²) in [7, 11) is 0. The molecular weight excluding hydrogens is 348 g/mol. The molecule has 1 aromatic heterocycles. The SMILES string of the molecule is Cc1cccc(NC(=O)c2ccc(NCCc3cccc(Cl)c3)nn2)c1. The average molecular weight is 367 g/mol. The largest absolute Gasteiger partial charge is 0.368 e. The first-order valence-electron chi connectivity index (χ1n) is 8.30. The van der Waals surface area contributed by atoms with Crippen LogP contribution in [-0.2, 0) is 6.42 Å². The fourth-order valence-electron chi connectivity index (χ4n) is 2.49. The number of nitrogens with zero attached hydrogens (tertiary/aromatic N) is 2. The van der Waals surface area contributed by atoms with Gasteiger partial charge in [-0.25, -0.2) is 0 Å². The van der Waals surface area contributed by atoms with Gasteiger partial charge in [-0.2, -0.15) is 0 Å². The summed E-state index contributed by atoms with van der Waals surface area (Å²) in [6.07, 6.45) is 0.817. The monoisotopic (exact) mass is 366 g/mol. The second-order valence-electron chi connectivity index (χ2n) is 5.93. The van der Waals surface area contributed by atoms with Gasteiger partial charge >= 0.3 is 0 Å². The van der Waals surface area contributed by atoms with Crippen LogP contribution >= 0.6 is 11.6 Å². The number of halogens is 1. The molecule has 0 radical (unpaired) electrons. The highest BCUT2D eigenvalue weighted by atomic mass is 35.5. The minimum Gasteiger partial charge on any atom is -0.368 e. The van der Waals surface area contributed by atoms with Gasteiger partial charge in [0.1, 0.15) is 5.82 Å². The predicted molar refractivity (Wildman–Crippen MR) is 105 cm³/mol. The highest BCUT2D eigenvalue weighted by Gasteiger charge is 2.08. The lowest BCUT2D eigenvalue weighted by Crippen LogP contribution is -2.15. The maximum atomic E-state index is 12.2. The maximum Gasteiger partial charge on any atom is 0.276 e. The summed E-state index contributed by atoms with van der Waals surface area (Å²) in [5.74, 6) is 0.340. The van der Waals surface area contributed by atoms with Crippen molar-refractivity contribution in [2.24, 2.45) is 0 Å². The lowest BCUT2D eigenvalue weighted by Gasteiger charge is -2.07. The van der Waals surface area contributed by atoms with Gasteiger partial charge in [0.15, 0.2) is 5.69 Å². The summed E-state index contributed by atoms with van der Waals surface area (Å²) in [6, 6.07) is 18.7. The Kier molecular flexibility index (Phi) is 5.81. The minimum absolute atomic E-state index is 0.270. The highest BCUT2D eigenvalue weighted by Crippen LogP contribution is 2.13. The van der Waals surface area contributed by atoms with Crippen molar-refractivity contribution in [2.75, 3.05) is 17.2 Å². The summed E-state index contributed by atoms with van der Waals surface area (Å²) in [6.45, 7) is 2.67. The number of benzene rings is 2. The number of hydrogen-bond acceptors (Lipinski definition) is 4. The number of anilines is 2. The average Bonchev–Trinajstić information content (AvgIpc) is 2.62. The molecule has 132 valence electrons. The molecule has 3 aromatic rings. The standard InChI is InChI=1S/C20H19ClN4O/c1-14-4-2-7-17(12-14)23-20(26)18-8-9-19(25-24-18)22-11-10-15-5-3-6-16(21)13-15/h2-9,12-13H,10-11H2,1H3,(H,22,25)(H,23,26). The van der Waals surface area contributed by atoms with Crippen molar-refractivity contribution in [1.29, 1.82) is 0 Å². The summed E-state index contributed by atoms with van der Waals surface area (Å²) in [4.78, 5) is 12.2. The summed E-state index contributed by atoms with van der Waals surface area (Å²) in [5.41, 5.74) is 3.23. The topological polar surface area (TPSA) is 66.9 Å². The Balaban J connectivity index is 1.53. The van der Waals surface area contributed by atoms with Gasteiger partial charge in [0.2, 0.25) is 0 Å². The summed E-state index contributed by atoms with van der Waals surface area (Å²) < 4.78 is 0. The number of aromatic nitrogens is 2. The molecule has 0 atom stereocenters. The van der Waals surface area contributed by atoms with Crippen molar-refractivity contribution in [3.05, 3.63) is 82.5 Å². The molecule has 3 rings (SSSR count). The third-order valence-corrected chi connectivity index (χ3v) is 4.02. The first kappa shape index (κ1) is 17.9. The first-order valence-corrected chi connectivity index (χ1v) is 8.68. The number of hydrogen-bond donors (Lipinski definition) is 2. The van der Waals surface area contributed by atoms with E-state index in [4.69, 9.17) is 11.6 Å². The van der Waals surface area contributed by atoms with E-state index < -0.39 is 0 Å². The molecule has 0 saturated carbocycles. The summed E-state index contributed by atoms with van der Waals surface area (Å²) in [5, 5.41) is 14.8. The molecule has 0 fully saturated rings. The highest BCUT2D eigenvalue weighted by molar-refractivity contribution is 6.30. The van der Waals surface area contributed by atoms with Gasteiger partial charge in [-0.3, -0.25) is 4.79 Å². The molecule has 0 aliphatic carbocycles. The number of nitrogens with one attached hydrogen (secondary N) is 2. The smallest absolute Gasteiger partial charge is 0.276 e. The Hall–Kier alpha value is -2.92. The van der Waals surface area contributed by atoms with E-state index >= 15 is 0 Å². The van der Waals surface area contributed by atoms with Crippen molar-refractivity contribution in [1.82, 2.24) is 10.2 Å². The van der Waals surface area contributed by atoms with E-state index in [1.54, 1.807) is 12.1 Å². The molecule has 1 amide bonds. The normalized spacial score (nSPS) is 10.4. The minimum atomic E-state index is -0.284. The van der Waals surface area contributed by atoms with Crippen molar-refractivity contribution < 1.29 is 4.79 Å². The van der Waals surface area contributed by atoms with Crippen LogP contribution in [0.4, 0.5) is 11.5 Å². The zero-order valence-electron chi connectivity index (χ0n) is 14.4. The molecule has 1 heterocycles. The second-order valence-corrected chi connectivity index (χ2v) is 6.37. The number of carbonyl (C=O) groups is 1. The van der Waals surface area contributed by atoms with Crippen molar-refractivity contribution in [3.8, 4) is 0 Å². The zero-order valence-corrected chi connectivity index (χ0v) is 15.1. The van der Waals surface area contributed by atoms with E-state index in [2.05, 4.69) is 20.8 Å². The molecule has 2 N–H and O–H groups in total. The van der Waals surface area contributed by atoms with Crippen LogP contribution in [0, 0.1) is 6.92 Å². The number of carbonyl (C=O) groups excluding carboxylic acids is 1. The van der Waals surface area contributed by atoms with Crippen LogP contribution in [0.1, 0.15) is 21.6 Å². The van der Waals surface area contributed by atoms with Gasteiger partial charge in [-0.1, -0.05) is 35.9 Å². The second kappa shape index (κ2) is 8.45. The van der Waals surface area contributed by atoms with Crippen LogP contribution in [0.3, 0.4) is 0 Å². The zero-order chi connectivity index (χ0) is 18.4. The third kappa shape index (κ3) is 5.04. The summed E-state index contributed by atoms with van der Waals surface area (Å²) >= 11 is 5.97. The van der Waals surface area contributed by atoms with Crippen LogP contribution in [-0.4, -0.2) is 22.6 Å². The van der Waals surface area contributed by atoms with E-state index in [0.717, 1.165) is 28.3 Å². The van der Waals surface area contributed by atoms with Gasteiger partial charge < -0.3 is 10.6 Å². The van der Waals surface area contributed by atoms with Gasteiger partial charge in [-0.05, 0) is 60.9 Å². The fraction of sp³-hybridized carbons (Fsp3) is 0.150. The number of amides is 1. The van der Waals surface area contributed by atoms with Gasteiger partial charge in [0.25, 0.3) is 5.91 Å². The van der Waals surface area contributed by atoms with Crippen molar-refractivity contribution >= 4 is 29.0 Å². The molecule has 0 unspecified atom stereocenters. The molecule has 0 aliphatic rings. The Morgan fingerprint density at radius 2 is 1.88 bits per heavy atom. The fourth-order valence-corrected chi connectivity index (χ4v) is 2.71. The quantitative estimate of drug-likeness (QED) is 0.680. The molecule has 0 saturated heterocycles. The molecule has 6 heteroatoms. The molecule has 5 nitrogen and oxygen atoms in total. The molecular formula is C20H19ClN4O. The van der Waals surface area contributed by atoms with Crippen LogP contribution in [0.15, 0.2) is 60.7 Å². The van der Waals surface area contributed by atoms with E-state index in [0.29, 0.717) is 12.4 Å². The molecule has 2 aromatic carbocycles. The van der Waals surface area contributed by atoms with Crippen molar-refractivity contribution in [3.63, 3.8) is 0 Å². The van der Waals surface area contributed by atoms with E-state index in [1.165, 1.54) is 0 Å². The first-order chi connectivity index (χ1) is 12.6. The Morgan fingerprint density at radius 3 is 2.62 bits per heavy atom. The lowest BCUT2D eigenvalue weighted by atomic mass is 10.1. The lowest BCUT2D eigenvalue weighted by molar-refractivity contribution is 0.102. The van der Waals surface area contributed by atoms with E-state index in [9.17, 15) is 4.79 Å². The van der Waals surface area contributed by atoms with Crippen LogP contribution in [0.5, 0.6) is 0 Å². The van der Waals surface area contributed by atoms with Crippen LogP contribution < -0.4 is 10.6 Å². The van der Waals surface area contributed by atoms with E-state index in [-0.39, 0.29) is 11.6 Å². The van der Waals surface area contributed by atoms with Crippen LogP contribution in [0.25, 0.3) is 0 Å². The molecule has 0 spiro atoms. The van der Waals surface area contributed by atoms with Gasteiger partial charge in [0.05, 0.1) is 0 Å². The van der Waals surface area contributed by atoms with Gasteiger partial charge in [0, 0.05) is 17.3 Å². The molecule has 0 aliphatic heterocycles. The van der Waals surface area contributed by atoms with Gasteiger partial charge in [-0.15, -0.1) is 10.2 Å². The third-order valence-electron chi connectivity index (χ3n) is 3.78. The maximum absolute atomic E-state index is 12.2. The van der Waals surface area contributed by atoms with Crippen LogP contribution in [0.2, 0.25) is 5.02 Å². The van der Waals surface area contributed by atoms with Crippen molar-refractivity contribution in [2.45, 2.75) is 13.3 Å². The molecule has 0 bridgehead atoms. The Bertz CT molecular complexity index is 896. The van der Waals surface area contributed by atoms with E-state index in [1.807, 2.05) is 55.5 Å². The number of aryl methyl sites for hydroxylation is 1. The Labute approximate surface area is 157 Å². The predicted octanol–water partition coefficient (Wildman–Crippen LogP) is 4.35. The molecule has 26 heavy (non-hydrogen) atoms. The number of rotatable bonds is 6. The Morgan fingerprint density at radius 1 is 1.04 bits per heavy atom.